The van der Waals surface area contributed by atoms with E-state index in [4.69, 9.17) is 9.72 Å². The fourth-order valence-corrected chi connectivity index (χ4v) is 4.25. The van der Waals surface area contributed by atoms with Crippen molar-refractivity contribution in [2.75, 3.05) is 57.4 Å². The van der Waals surface area contributed by atoms with Crippen LogP contribution in [0.1, 0.15) is 6.42 Å². The highest BCUT2D eigenvalue weighted by Crippen LogP contribution is 2.24. The number of aliphatic imine (C=N–C) groups is 1. The molecule has 0 amide bonds. The molecule has 9 nitrogen and oxygen atoms in total. The summed E-state index contributed by atoms with van der Waals surface area (Å²) in [5.41, 5.74) is 1.62. The summed E-state index contributed by atoms with van der Waals surface area (Å²) >= 11 is 0. The Labute approximate surface area is 187 Å². The zero-order valence-corrected chi connectivity index (χ0v) is 18.2. The van der Waals surface area contributed by atoms with Crippen molar-refractivity contribution in [2.45, 2.75) is 13.0 Å². The van der Waals surface area contributed by atoms with Gasteiger partial charge in [-0.15, -0.1) is 0 Å². The molecule has 4 heterocycles. The van der Waals surface area contributed by atoms with Gasteiger partial charge in [0.2, 0.25) is 5.95 Å². The lowest BCUT2D eigenvalue weighted by Crippen LogP contribution is -2.49. The molecule has 3 aliphatic rings. The minimum atomic E-state index is -0.0208. The van der Waals surface area contributed by atoms with Crippen molar-refractivity contribution in [3.63, 3.8) is 0 Å². The lowest BCUT2D eigenvalue weighted by molar-refractivity contribution is 0.0389. The van der Waals surface area contributed by atoms with Gasteiger partial charge >= 0.3 is 0 Å². The van der Waals surface area contributed by atoms with Gasteiger partial charge in [0.25, 0.3) is 5.56 Å². The van der Waals surface area contributed by atoms with Crippen LogP contribution in [0.25, 0.3) is 11.3 Å². The van der Waals surface area contributed by atoms with Gasteiger partial charge in [-0.05, 0) is 12.5 Å². The van der Waals surface area contributed by atoms with Gasteiger partial charge in [-0.25, -0.2) is 9.98 Å². The zero-order chi connectivity index (χ0) is 21.8. The summed E-state index contributed by atoms with van der Waals surface area (Å²) in [5.74, 6) is 2.35. The average molecular weight is 436 g/mol. The van der Waals surface area contributed by atoms with E-state index in [1.54, 1.807) is 10.6 Å². The first-order chi connectivity index (χ1) is 15.8. The van der Waals surface area contributed by atoms with Crippen molar-refractivity contribution in [3.8, 4) is 11.3 Å². The molecule has 0 saturated carbocycles. The van der Waals surface area contributed by atoms with Crippen molar-refractivity contribution in [3.05, 3.63) is 58.6 Å². The van der Waals surface area contributed by atoms with Gasteiger partial charge in [0.1, 0.15) is 5.82 Å². The summed E-state index contributed by atoms with van der Waals surface area (Å²) in [5, 5.41) is 6.82. The van der Waals surface area contributed by atoms with Gasteiger partial charge in [0, 0.05) is 50.9 Å². The van der Waals surface area contributed by atoms with E-state index in [2.05, 4.69) is 25.4 Å². The SMILES string of the molecule is O=c1cc(-c2ccccc2)nc2n1CCCN2C1=CCN=C(NCCN2CCOCC2)N1. The summed E-state index contributed by atoms with van der Waals surface area (Å²) in [4.78, 5) is 26.8. The summed E-state index contributed by atoms with van der Waals surface area (Å²) < 4.78 is 7.17. The molecule has 0 bridgehead atoms. The van der Waals surface area contributed by atoms with E-state index in [9.17, 15) is 4.79 Å². The van der Waals surface area contributed by atoms with Gasteiger partial charge in [0.05, 0.1) is 25.5 Å². The average Bonchev–Trinajstić information content (AvgIpc) is 2.85. The Hall–Kier alpha value is -3.17. The molecular weight excluding hydrogens is 406 g/mol. The second-order valence-corrected chi connectivity index (χ2v) is 8.09. The van der Waals surface area contributed by atoms with Crippen LogP contribution in [0.5, 0.6) is 0 Å². The molecule has 0 aliphatic carbocycles. The number of guanidine groups is 1. The van der Waals surface area contributed by atoms with Gasteiger partial charge < -0.3 is 15.4 Å². The van der Waals surface area contributed by atoms with Crippen molar-refractivity contribution >= 4 is 11.9 Å². The lowest BCUT2D eigenvalue weighted by atomic mass is 10.1. The molecule has 1 aromatic heterocycles. The third kappa shape index (κ3) is 4.53. The van der Waals surface area contributed by atoms with Crippen LogP contribution in [0.3, 0.4) is 0 Å². The maximum Gasteiger partial charge on any atom is 0.255 e. The van der Waals surface area contributed by atoms with Crippen molar-refractivity contribution < 1.29 is 4.74 Å². The predicted octanol–water partition coefficient (Wildman–Crippen LogP) is 0.843. The van der Waals surface area contributed by atoms with E-state index < -0.39 is 0 Å². The Morgan fingerprint density at radius 2 is 1.94 bits per heavy atom. The molecular formula is C23H29N7O2. The molecule has 0 atom stereocenters. The topological polar surface area (TPSA) is 87.0 Å². The molecule has 2 N–H and O–H groups in total. The Bertz CT molecular complexity index is 1060. The third-order valence-electron chi connectivity index (χ3n) is 5.96. The lowest BCUT2D eigenvalue weighted by Gasteiger charge is -2.34. The van der Waals surface area contributed by atoms with Gasteiger partial charge in [0.15, 0.2) is 5.96 Å². The molecule has 0 spiro atoms. The fourth-order valence-electron chi connectivity index (χ4n) is 4.25. The van der Waals surface area contributed by atoms with Crippen LogP contribution in [0.15, 0.2) is 58.1 Å². The van der Waals surface area contributed by atoms with E-state index in [1.165, 1.54) is 0 Å². The predicted molar refractivity (Wildman–Crippen MR) is 125 cm³/mol. The standard InChI is InChI=1S/C23H29N7O2/c31-21-17-19(18-5-2-1-3-6-18)26-23-29(10-4-11-30(21)23)20-7-8-24-22(27-20)25-9-12-28-13-15-32-16-14-28/h1-3,5-7,17H,4,8-16H2,(H2,24,25,27). The first-order valence-electron chi connectivity index (χ1n) is 11.3. The van der Waals surface area contributed by atoms with Crippen LogP contribution < -0.4 is 21.1 Å². The first-order valence-corrected chi connectivity index (χ1v) is 11.3. The monoisotopic (exact) mass is 435 g/mol. The summed E-state index contributed by atoms with van der Waals surface area (Å²) in [7, 11) is 0. The van der Waals surface area contributed by atoms with E-state index in [-0.39, 0.29) is 5.56 Å². The Morgan fingerprint density at radius 1 is 1.09 bits per heavy atom. The number of hydrogen-bond donors (Lipinski definition) is 2. The minimum absolute atomic E-state index is 0.0208. The minimum Gasteiger partial charge on any atom is -0.379 e. The second-order valence-electron chi connectivity index (χ2n) is 8.09. The maximum absolute atomic E-state index is 12.8. The van der Waals surface area contributed by atoms with Gasteiger partial charge in [-0.2, -0.15) is 0 Å². The third-order valence-corrected chi connectivity index (χ3v) is 5.96. The van der Waals surface area contributed by atoms with E-state index in [0.717, 1.165) is 69.7 Å². The number of fused-ring (bicyclic) bond motifs is 1. The number of anilines is 1. The highest BCUT2D eigenvalue weighted by Gasteiger charge is 2.25. The molecule has 0 unspecified atom stereocenters. The van der Waals surface area contributed by atoms with Crippen LogP contribution in [-0.4, -0.2) is 72.9 Å². The second kappa shape index (κ2) is 9.54. The summed E-state index contributed by atoms with van der Waals surface area (Å²) in [6.45, 7) is 7.38. The maximum atomic E-state index is 12.8. The van der Waals surface area contributed by atoms with Crippen LogP contribution in [-0.2, 0) is 11.3 Å². The van der Waals surface area contributed by atoms with Crippen LogP contribution in [0, 0.1) is 0 Å². The Balaban J connectivity index is 1.30. The molecule has 3 aliphatic heterocycles. The molecule has 1 fully saturated rings. The zero-order valence-electron chi connectivity index (χ0n) is 18.2. The molecule has 2 aromatic rings. The van der Waals surface area contributed by atoms with Crippen LogP contribution in [0.4, 0.5) is 5.95 Å². The van der Waals surface area contributed by atoms with Gasteiger partial charge in [-0.3, -0.25) is 19.2 Å². The highest BCUT2D eigenvalue weighted by atomic mass is 16.5. The Morgan fingerprint density at radius 3 is 2.78 bits per heavy atom. The molecule has 0 radical (unpaired) electrons. The van der Waals surface area contributed by atoms with Crippen LogP contribution in [0.2, 0.25) is 0 Å². The molecule has 9 heteroatoms. The molecule has 5 rings (SSSR count). The van der Waals surface area contributed by atoms with Crippen molar-refractivity contribution in [1.82, 2.24) is 25.1 Å². The van der Waals surface area contributed by atoms with E-state index >= 15 is 0 Å². The molecule has 1 aromatic carbocycles. The number of aromatic nitrogens is 2. The molecule has 1 saturated heterocycles. The number of benzene rings is 1. The normalized spacial score (nSPS) is 18.9. The van der Waals surface area contributed by atoms with E-state index in [1.807, 2.05) is 36.4 Å². The molecule has 168 valence electrons. The largest absolute Gasteiger partial charge is 0.379 e. The number of hydrogen-bond acceptors (Lipinski definition) is 8. The van der Waals surface area contributed by atoms with Crippen molar-refractivity contribution in [1.29, 1.82) is 0 Å². The number of nitrogens with one attached hydrogen (secondary N) is 2. The highest BCUT2D eigenvalue weighted by molar-refractivity contribution is 5.83. The number of rotatable bonds is 5. The molecule has 32 heavy (non-hydrogen) atoms. The number of morpholine rings is 1. The first kappa shape index (κ1) is 20.7. The quantitative estimate of drug-likeness (QED) is 0.720. The smallest absolute Gasteiger partial charge is 0.255 e. The summed E-state index contributed by atoms with van der Waals surface area (Å²) in [6, 6.07) is 11.5. The summed E-state index contributed by atoms with van der Waals surface area (Å²) in [6.07, 6.45) is 2.93. The van der Waals surface area contributed by atoms with Crippen LogP contribution >= 0.6 is 0 Å². The van der Waals surface area contributed by atoms with Crippen molar-refractivity contribution in [2.24, 2.45) is 4.99 Å². The number of nitrogens with zero attached hydrogens (tertiary/aromatic N) is 5. The Kier molecular flexibility index (Phi) is 6.17. The van der Waals surface area contributed by atoms with Gasteiger partial charge in [-0.1, -0.05) is 30.3 Å². The van der Waals surface area contributed by atoms with E-state index in [0.29, 0.717) is 24.7 Å². The number of ether oxygens (including phenoxy) is 1. The fraction of sp³-hybridized carbons (Fsp3) is 0.435.